The lowest BCUT2D eigenvalue weighted by Crippen LogP contribution is -2.26. The van der Waals surface area contributed by atoms with Crippen LogP contribution in [0.2, 0.25) is 0 Å². The Morgan fingerprint density at radius 2 is 2.00 bits per heavy atom. The molecule has 0 aliphatic carbocycles. The molecule has 0 aliphatic heterocycles. The Morgan fingerprint density at radius 1 is 1.29 bits per heavy atom. The summed E-state index contributed by atoms with van der Waals surface area (Å²) in [6.45, 7) is 0.711. The Morgan fingerprint density at radius 3 is 2.67 bits per heavy atom. The molecule has 0 aromatic heterocycles. The van der Waals surface area contributed by atoms with Gasteiger partial charge in [-0.1, -0.05) is 48.5 Å². The first-order chi connectivity index (χ1) is 10.1. The second kappa shape index (κ2) is 6.90. The fourth-order valence-electron chi connectivity index (χ4n) is 2.21. The van der Waals surface area contributed by atoms with Crippen LogP contribution >= 0.6 is 0 Å². The average molecular weight is 283 g/mol. The SMILES string of the molecule is COC(=O)C(N)c1ccc[c]c1N(C)Cc1ccccc1. The van der Waals surface area contributed by atoms with Crippen LogP contribution in [0.5, 0.6) is 0 Å². The van der Waals surface area contributed by atoms with E-state index in [2.05, 4.69) is 18.2 Å². The van der Waals surface area contributed by atoms with E-state index in [4.69, 9.17) is 10.5 Å². The number of nitrogens with two attached hydrogens (primary N) is 1. The number of nitrogens with zero attached hydrogens (tertiary/aromatic N) is 1. The van der Waals surface area contributed by atoms with E-state index in [1.807, 2.05) is 48.3 Å². The first-order valence-electron chi connectivity index (χ1n) is 6.72. The third-order valence-corrected chi connectivity index (χ3v) is 3.30. The van der Waals surface area contributed by atoms with E-state index < -0.39 is 12.0 Å². The molecule has 4 heteroatoms. The molecule has 0 spiro atoms. The summed E-state index contributed by atoms with van der Waals surface area (Å²) in [4.78, 5) is 13.7. The van der Waals surface area contributed by atoms with Crippen molar-refractivity contribution in [1.82, 2.24) is 0 Å². The maximum atomic E-state index is 11.7. The van der Waals surface area contributed by atoms with Gasteiger partial charge in [-0.2, -0.15) is 0 Å². The predicted octanol–water partition coefficient (Wildman–Crippen LogP) is 2.30. The highest BCUT2D eigenvalue weighted by atomic mass is 16.5. The van der Waals surface area contributed by atoms with E-state index in [9.17, 15) is 4.79 Å². The molecule has 1 atom stereocenters. The van der Waals surface area contributed by atoms with Crippen molar-refractivity contribution in [2.45, 2.75) is 12.6 Å². The molecule has 2 rings (SSSR count). The lowest BCUT2D eigenvalue weighted by Gasteiger charge is -2.24. The van der Waals surface area contributed by atoms with Crippen LogP contribution < -0.4 is 10.6 Å². The van der Waals surface area contributed by atoms with Gasteiger partial charge in [0.15, 0.2) is 0 Å². The van der Waals surface area contributed by atoms with E-state index in [-0.39, 0.29) is 0 Å². The van der Waals surface area contributed by atoms with Gasteiger partial charge >= 0.3 is 5.97 Å². The van der Waals surface area contributed by atoms with Crippen LogP contribution in [0, 0.1) is 6.07 Å². The van der Waals surface area contributed by atoms with Crippen LogP contribution in [0.25, 0.3) is 0 Å². The van der Waals surface area contributed by atoms with Crippen molar-refractivity contribution < 1.29 is 9.53 Å². The fraction of sp³-hybridized carbons (Fsp3) is 0.235. The van der Waals surface area contributed by atoms with Gasteiger partial charge < -0.3 is 15.4 Å². The lowest BCUT2D eigenvalue weighted by atomic mass is 10.0. The fourth-order valence-corrected chi connectivity index (χ4v) is 2.21. The molecule has 0 amide bonds. The van der Waals surface area contributed by atoms with E-state index in [0.29, 0.717) is 12.1 Å². The minimum Gasteiger partial charge on any atom is -0.468 e. The quantitative estimate of drug-likeness (QED) is 0.855. The summed E-state index contributed by atoms with van der Waals surface area (Å²) in [6.07, 6.45) is 0. The standard InChI is InChI=1S/C17H19N2O2/c1-19(12-13-8-4-3-5-9-13)15-11-7-6-10-14(15)16(18)17(20)21-2/h3-10,16H,12,18H2,1-2H3. The van der Waals surface area contributed by atoms with Gasteiger partial charge in [-0.3, -0.25) is 4.79 Å². The number of hydrogen-bond donors (Lipinski definition) is 1. The number of ether oxygens (including phenoxy) is 1. The molecule has 1 radical (unpaired) electrons. The van der Waals surface area contributed by atoms with Crippen molar-refractivity contribution in [2.75, 3.05) is 19.1 Å². The van der Waals surface area contributed by atoms with Gasteiger partial charge in [0.05, 0.1) is 12.8 Å². The largest absolute Gasteiger partial charge is 0.468 e. The molecular formula is C17H19N2O2. The summed E-state index contributed by atoms with van der Waals surface area (Å²) < 4.78 is 4.72. The maximum Gasteiger partial charge on any atom is 0.327 e. The Kier molecular flexibility index (Phi) is 4.95. The minimum atomic E-state index is -0.805. The molecule has 0 heterocycles. The Bertz CT molecular complexity index is 599. The molecule has 0 aliphatic rings. The first kappa shape index (κ1) is 15.1. The molecule has 21 heavy (non-hydrogen) atoms. The van der Waals surface area contributed by atoms with E-state index >= 15 is 0 Å². The molecular weight excluding hydrogens is 264 g/mol. The highest BCUT2D eigenvalue weighted by Gasteiger charge is 2.21. The molecule has 0 saturated heterocycles. The third kappa shape index (κ3) is 3.61. The van der Waals surface area contributed by atoms with Gasteiger partial charge in [-0.15, -0.1) is 0 Å². The zero-order valence-corrected chi connectivity index (χ0v) is 12.2. The minimum absolute atomic E-state index is 0.455. The molecule has 109 valence electrons. The second-order valence-electron chi connectivity index (χ2n) is 4.82. The van der Waals surface area contributed by atoms with Gasteiger partial charge in [0.2, 0.25) is 0 Å². The maximum absolute atomic E-state index is 11.7. The molecule has 2 aromatic rings. The van der Waals surface area contributed by atoms with Crippen LogP contribution in [0.1, 0.15) is 17.2 Å². The summed E-state index contributed by atoms with van der Waals surface area (Å²) in [5, 5.41) is 0. The van der Waals surface area contributed by atoms with Crippen LogP contribution in [0.4, 0.5) is 5.69 Å². The first-order valence-corrected chi connectivity index (χ1v) is 6.72. The van der Waals surface area contributed by atoms with Gasteiger partial charge in [-0.05, 0) is 5.56 Å². The van der Waals surface area contributed by atoms with Gasteiger partial charge in [0.25, 0.3) is 0 Å². The molecule has 2 aromatic carbocycles. The Hall–Kier alpha value is -2.33. The van der Waals surface area contributed by atoms with E-state index in [1.165, 1.54) is 12.7 Å². The number of carbonyl (C=O) groups is 1. The number of para-hydroxylation sites is 1. The van der Waals surface area contributed by atoms with Crippen molar-refractivity contribution >= 4 is 11.7 Å². The number of anilines is 1. The van der Waals surface area contributed by atoms with Crippen molar-refractivity contribution in [1.29, 1.82) is 0 Å². The van der Waals surface area contributed by atoms with Crippen LogP contribution in [0.15, 0.2) is 48.5 Å². The number of esters is 1. The molecule has 4 nitrogen and oxygen atoms in total. The normalized spacial score (nSPS) is 11.8. The molecule has 0 bridgehead atoms. The highest BCUT2D eigenvalue weighted by molar-refractivity contribution is 5.79. The lowest BCUT2D eigenvalue weighted by molar-refractivity contribution is -0.142. The smallest absolute Gasteiger partial charge is 0.327 e. The molecule has 0 saturated carbocycles. The number of carbonyl (C=O) groups excluding carboxylic acids is 1. The van der Waals surface area contributed by atoms with Gasteiger partial charge in [0.1, 0.15) is 6.04 Å². The van der Waals surface area contributed by atoms with Crippen LogP contribution in [-0.2, 0) is 16.1 Å². The van der Waals surface area contributed by atoms with E-state index in [0.717, 1.165) is 5.69 Å². The molecule has 1 unspecified atom stereocenters. The predicted molar refractivity (Wildman–Crippen MR) is 82.8 cm³/mol. The van der Waals surface area contributed by atoms with Crippen LogP contribution in [0.3, 0.4) is 0 Å². The summed E-state index contributed by atoms with van der Waals surface area (Å²) in [5.41, 5.74) is 8.65. The summed E-state index contributed by atoms with van der Waals surface area (Å²) in [7, 11) is 3.29. The second-order valence-corrected chi connectivity index (χ2v) is 4.82. The Balaban J connectivity index is 2.25. The van der Waals surface area contributed by atoms with Crippen molar-refractivity contribution in [3.8, 4) is 0 Å². The molecule has 0 fully saturated rings. The topological polar surface area (TPSA) is 55.6 Å². The number of hydrogen-bond acceptors (Lipinski definition) is 4. The zero-order chi connectivity index (χ0) is 15.2. The van der Waals surface area contributed by atoms with Crippen molar-refractivity contribution in [3.63, 3.8) is 0 Å². The highest BCUT2D eigenvalue weighted by Crippen LogP contribution is 2.25. The van der Waals surface area contributed by atoms with Gasteiger partial charge in [0, 0.05) is 25.2 Å². The monoisotopic (exact) mass is 283 g/mol. The third-order valence-electron chi connectivity index (χ3n) is 3.30. The molecule has 2 N–H and O–H groups in total. The van der Waals surface area contributed by atoms with E-state index in [1.54, 1.807) is 0 Å². The summed E-state index contributed by atoms with van der Waals surface area (Å²) in [6, 6.07) is 17.9. The average Bonchev–Trinajstić information content (AvgIpc) is 2.54. The Labute approximate surface area is 125 Å². The number of methoxy groups -OCH3 is 1. The van der Waals surface area contributed by atoms with Crippen LogP contribution in [-0.4, -0.2) is 20.1 Å². The van der Waals surface area contributed by atoms with Crippen molar-refractivity contribution in [2.24, 2.45) is 5.73 Å². The summed E-state index contributed by atoms with van der Waals surface area (Å²) in [5.74, 6) is -0.455. The van der Waals surface area contributed by atoms with Gasteiger partial charge in [-0.25, -0.2) is 0 Å². The van der Waals surface area contributed by atoms with Crippen molar-refractivity contribution in [3.05, 3.63) is 65.7 Å². The summed E-state index contributed by atoms with van der Waals surface area (Å²) >= 11 is 0. The number of benzene rings is 2. The zero-order valence-electron chi connectivity index (χ0n) is 12.2. The number of rotatable bonds is 5.